The summed E-state index contributed by atoms with van der Waals surface area (Å²) in [5.74, 6) is -0.197. The lowest BCUT2D eigenvalue weighted by atomic mass is 10.0. The van der Waals surface area contributed by atoms with Crippen molar-refractivity contribution in [2.75, 3.05) is 20.2 Å². The summed E-state index contributed by atoms with van der Waals surface area (Å²) in [7, 11) is 2.04. The van der Waals surface area contributed by atoms with E-state index in [1.165, 1.54) is 90.5 Å². The van der Waals surface area contributed by atoms with Crippen LogP contribution in [0.4, 0.5) is 0 Å². The predicted molar refractivity (Wildman–Crippen MR) is 118 cm³/mol. The molecular formula is C24H45NO2. The highest BCUT2D eigenvalue weighted by Gasteiger charge is 1.93. The van der Waals surface area contributed by atoms with E-state index in [1.54, 1.807) is 0 Å². The predicted octanol–water partition coefficient (Wildman–Crippen LogP) is 6.73. The van der Waals surface area contributed by atoms with Gasteiger partial charge in [-0.05, 0) is 52.1 Å². The SMILES string of the molecule is CNCCCCCCCCCCCCC/C=C/CC/C=C/CCOC(C)=O. The Kier molecular flexibility index (Phi) is 22.0. The number of hydrogen-bond acceptors (Lipinski definition) is 3. The molecule has 1 N–H and O–H groups in total. The second kappa shape index (κ2) is 23.0. The van der Waals surface area contributed by atoms with Gasteiger partial charge in [0.05, 0.1) is 6.61 Å². The van der Waals surface area contributed by atoms with Crippen LogP contribution in [0.2, 0.25) is 0 Å². The maximum Gasteiger partial charge on any atom is 0.302 e. The molecule has 0 saturated carbocycles. The third-order valence-corrected chi connectivity index (χ3v) is 4.72. The number of ether oxygens (including phenoxy) is 1. The van der Waals surface area contributed by atoms with Gasteiger partial charge in [0.1, 0.15) is 0 Å². The Morgan fingerprint density at radius 2 is 1.11 bits per heavy atom. The van der Waals surface area contributed by atoms with Crippen LogP contribution in [-0.2, 0) is 9.53 Å². The minimum atomic E-state index is -0.197. The molecule has 27 heavy (non-hydrogen) atoms. The zero-order valence-electron chi connectivity index (χ0n) is 18.1. The number of nitrogens with one attached hydrogen (secondary N) is 1. The normalized spacial score (nSPS) is 11.6. The van der Waals surface area contributed by atoms with Gasteiger partial charge >= 0.3 is 5.97 Å². The van der Waals surface area contributed by atoms with Crippen LogP contribution in [0.1, 0.15) is 103 Å². The minimum absolute atomic E-state index is 0.197. The topological polar surface area (TPSA) is 38.3 Å². The van der Waals surface area contributed by atoms with Crippen molar-refractivity contribution in [1.82, 2.24) is 5.32 Å². The molecule has 0 aliphatic carbocycles. The van der Waals surface area contributed by atoms with Gasteiger partial charge in [-0.1, -0.05) is 82.1 Å². The van der Waals surface area contributed by atoms with Crippen LogP contribution in [0, 0.1) is 0 Å². The van der Waals surface area contributed by atoms with E-state index in [2.05, 4.69) is 29.6 Å². The average molecular weight is 380 g/mol. The van der Waals surface area contributed by atoms with Crippen molar-refractivity contribution in [2.24, 2.45) is 0 Å². The van der Waals surface area contributed by atoms with Crippen LogP contribution >= 0.6 is 0 Å². The van der Waals surface area contributed by atoms with Crippen molar-refractivity contribution >= 4 is 5.97 Å². The summed E-state index contributed by atoms with van der Waals surface area (Å²) in [4.78, 5) is 10.6. The van der Waals surface area contributed by atoms with Crippen LogP contribution in [0.25, 0.3) is 0 Å². The molecule has 0 atom stereocenters. The molecular weight excluding hydrogens is 334 g/mol. The third kappa shape index (κ3) is 24.9. The van der Waals surface area contributed by atoms with Crippen molar-refractivity contribution < 1.29 is 9.53 Å². The molecule has 0 spiro atoms. The minimum Gasteiger partial charge on any atom is -0.466 e. The maximum absolute atomic E-state index is 10.6. The van der Waals surface area contributed by atoms with Gasteiger partial charge in [-0.25, -0.2) is 0 Å². The van der Waals surface area contributed by atoms with Crippen LogP contribution in [-0.4, -0.2) is 26.2 Å². The molecule has 158 valence electrons. The fraction of sp³-hybridized carbons (Fsp3) is 0.792. The number of carbonyl (C=O) groups excluding carboxylic acids is 1. The fourth-order valence-corrected chi connectivity index (χ4v) is 3.09. The summed E-state index contributed by atoms with van der Waals surface area (Å²) in [5.41, 5.74) is 0. The first-order valence-electron chi connectivity index (χ1n) is 11.4. The molecule has 0 unspecified atom stereocenters. The first-order valence-corrected chi connectivity index (χ1v) is 11.4. The first-order chi connectivity index (χ1) is 13.3. The van der Waals surface area contributed by atoms with Gasteiger partial charge in [-0.3, -0.25) is 4.79 Å². The molecule has 0 amide bonds. The average Bonchev–Trinajstić information content (AvgIpc) is 2.65. The number of esters is 1. The van der Waals surface area contributed by atoms with E-state index >= 15 is 0 Å². The molecule has 3 nitrogen and oxygen atoms in total. The molecule has 0 aromatic heterocycles. The van der Waals surface area contributed by atoms with Crippen molar-refractivity contribution in [3.63, 3.8) is 0 Å². The Balaban J connectivity index is 3.14. The summed E-state index contributed by atoms with van der Waals surface area (Å²) in [6, 6.07) is 0. The Morgan fingerprint density at radius 3 is 1.63 bits per heavy atom. The summed E-state index contributed by atoms with van der Waals surface area (Å²) >= 11 is 0. The molecule has 0 heterocycles. The van der Waals surface area contributed by atoms with Gasteiger partial charge in [-0.2, -0.15) is 0 Å². The van der Waals surface area contributed by atoms with Gasteiger partial charge in [-0.15, -0.1) is 0 Å². The second-order valence-corrected chi connectivity index (χ2v) is 7.43. The van der Waals surface area contributed by atoms with E-state index in [-0.39, 0.29) is 5.97 Å². The van der Waals surface area contributed by atoms with Gasteiger partial charge in [0.2, 0.25) is 0 Å². The van der Waals surface area contributed by atoms with Crippen LogP contribution in [0.15, 0.2) is 24.3 Å². The van der Waals surface area contributed by atoms with E-state index in [0.29, 0.717) is 6.61 Å². The Bertz CT molecular complexity index is 363. The van der Waals surface area contributed by atoms with E-state index in [0.717, 1.165) is 19.3 Å². The highest BCUT2D eigenvalue weighted by molar-refractivity contribution is 5.65. The smallest absolute Gasteiger partial charge is 0.302 e. The lowest BCUT2D eigenvalue weighted by Gasteiger charge is -2.02. The summed E-state index contributed by atoms with van der Waals surface area (Å²) in [6.07, 6.45) is 28.5. The standard InChI is InChI=1S/C24H45NO2/c1-24(26)27-23-21-19-17-15-13-11-9-7-5-3-4-6-8-10-12-14-16-18-20-22-25-2/h9,11,17,19,25H,3-8,10,12-16,18,20-23H2,1-2H3/b11-9+,19-17+. The van der Waals surface area contributed by atoms with Gasteiger partial charge < -0.3 is 10.1 Å². The number of allylic oxidation sites excluding steroid dienone is 3. The van der Waals surface area contributed by atoms with Gasteiger partial charge in [0.25, 0.3) is 0 Å². The molecule has 0 fully saturated rings. The van der Waals surface area contributed by atoms with Crippen molar-refractivity contribution in [3.8, 4) is 0 Å². The molecule has 0 aromatic carbocycles. The first kappa shape index (κ1) is 25.9. The number of rotatable bonds is 20. The molecule has 0 aliphatic heterocycles. The van der Waals surface area contributed by atoms with Crippen molar-refractivity contribution in [3.05, 3.63) is 24.3 Å². The summed E-state index contributed by atoms with van der Waals surface area (Å²) < 4.78 is 4.88. The highest BCUT2D eigenvalue weighted by atomic mass is 16.5. The zero-order valence-corrected chi connectivity index (χ0v) is 18.1. The summed E-state index contributed by atoms with van der Waals surface area (Å²) in [5, 5.41) is 3.21. The number of hydrogen-bond donors (Lipinski definition) is 1. The van der Waals surface area contributed by atoms with E-state index in [1.807, 2.05) is 7.05 Å². The zero-order chi connectivity index (χ0) is 19.8. The van der Waals surface area contributed by atoms with E-state index in [9.17, 15) is 4.79 Å². The highest BCUT2D eigenvalue weighted by Crippen LogP contribution is 2.12. The number of unbranched alkanes of at least 4 members (excludes halogenated alkanes) is 12. The molecule has 0 radical (unpaired) electrons. The van der Waals surface area contributed by atoms with Crippen LogP contribution < -0.4 is 5.32 Å². The Labute approximate surface area is 169 Å². The Hall–Kier alpha value is -1.09. The van der Waals surface area contributed by atoms with Crippen LogP contribution in [0.3, 0.4) is 0 Å². The molecule has 0 bridgehead atoms. The third-order valence-electron chi connectivity index (χ3n) is 4.72. The largest absolute Gasteiger partial charge is 0.466 e. The molecule has 0 rings (SSSR count). The van der Waals surface area contributed by atoms with Crippen LogP contribution in [0.5, 0.6) is 0 Å². The monoisotopic (exact) mass is 379 g/mol. The number of carbonyl (C=O) groups is 1. The van der Waals surface area contributed by atoms with Gasteiger partial charge in [0.15, 0.2) is 0 Å². The summed E-state index contributed by atoms with van der Waals surface area (Å²) in [6.45, 7) is 3.12. The van der Waals surface area contributed by atoms with E-state index in [4.69, 9.17) is 4.74 Å². The van der Waals surface area contributed by atoms with Crippen molar-refractivity contribution in [2.45, 2.75) is 103 Å². The van der Waals surface area contributed by atoms with Gasteiger partial charge in [0, 0.05) is 6.92 Å². The molecule has 0 aromatic rings. The lowest BCUT2D eigenvalue weighted by Crippen LogP contribution is -2.06. The maximum atomic E-state index is 10.6. The molecule has 0 saturated heterocycles. The Morgan fingerprint density at radius 1 is 0.667 bits per heavy atom. The quantitative estimate of drug-likeness (QED) is 0.145. The van der Waals surface area contributed by atoms with Crippen molar-refractivity contribution in [1.29, 1.82) is 0 Å². The lowest BCUT2D eigenvalue weighted by molar-refractivity contribution is -0.140. The second-order valence-electron chi connectivity index (χ2n) is 7.43. The molecule has 3 heteroatoms. The molecule has 0 aliphatic rings. The van der Waals surface area contributed by atoms with E-state index < -0.39 is 0 Å². The fourth-order valence-electron chi connectivity index (χ4n) is 3.09.